The first-order valence-corrected chi connectivity index (χ1v) is 9.29. The van der Waals surface area contributed by atoms with Gasteiger partial charge in [0.1, 0.15) is 5.75 Å². The van der Waals surface area contributed by atoms with E-state index in [1.54, 1.807) is 37.3 Å². The molecule has 1 aliphatic carbocycles. The van der Waals surface area contributed by atoms with Crippen LogP contribution in [0.4, 0.5) is 0 Å². The maximum Gasteiger partial charge on any atom is 0.330 e. The summed E-state index contributed by atoms with van der Waals surface area (Å²) in [6.45, 7) is 3.57. The monoisotopic (exact) mass is 428 g/mol. The van der Waals surface area contributed by atoms with Gasteiger partial charge in [-0.1, -0.05) is 45.8 Å². The van der Waals surface area contributed by atoms with Crippen molar-refractivity contribution in [3.8, 4) is 5.75 Å². The molecule has 0 saturated heterocycles. The predicted octanol–water partition coefficient (Wildman–Crippen LogP) is 3.82. The predicted molar refractivity (Wildman–Crippen MR) is 101 cm³/mol. The fraction of sp³-hybridized carbons (Fsp3) is 0.286. The number of benzene rings is 2. The first-order chi connectivity index (χ1) is 12.8. The topological polar surface area (TPSA) is 69.7 Å². The summed E-state index contributed by atoms with van der Waals surface area (Å²) in [5.74, 6) is -2.03. The van der Waals surface area contributed by atoms with Crippen LogP contribution in [0.25, 0.3) is 0 Å². The number of carbonyl (C=O) groups is 3. The second-order valence-corrected chi connectivity index (χ2v) is 8.12. The van der Waals surface area contributed by atoms with Crippen molar-refractivity contribution < 1.29 is 23.9 Å². The molecule has 0 amide bonds. The zero-order valence-corrected chi connectivity index (χ0v) is 16.6. The van der Waals surface area contributed by atoms with Gasteiger partial charge < -0.3 is 9.47 Å². The molecular weight excluding hydrogens is 412 g/mol. The molecule has 27 heavy (non-hydrogen) atoms. The van der Waals surface area contributed by atoms with E-state index in [9.17, 15) is 14.4 Å². The van der Waals surface area contributed by atoms with E-state index < -0.39 is 28.7 Å². The Hall–Kier alpha value is -2.47. The molecule has 4 rings (SSSR count). The molecule has 0 spiro atoms. The first-order valence-electron chi connectivity index (χ1n) is 8.50. The number of rotatable bonds is 3. The van der Waals surface area contributed by atoms with Crippen LogP contribution < -0.4 is 4.74 Å². The molecular formula is C21H17BrO5. The third-order valence-corrected chi connectivity index (χ3v) is 6.34. The van der Waals surface area contributed by atoms with Crippen LogP contribution in [0.1, 0.15) is 34.3 Å². The van der Waals surface area contributed by atoms with Gasteiger partial charge in [0.05, 0.1) is 12.5 Å². The summed E-state index contributed by atoms with van der Waals surface area (Å²) in [7, 11) is 1.22. The second kappa shape index (κ2) is 5.76. The van der Waals surface area contributed by atoms with Gasteiger partial charge in [0.25, 0.3) is 0 Å². The fourth-order valence-corrected chi connectivity index (χ4v) is 4.78. The molecule has 3 atom stereocenters. The van der Waals surface area contributed by atoms with Crippen molar-refractivity contribution in [2.45, 2.75) is 19.8 Å². The van der Waals surface area contributed by atoms with Gasteiger partial charge in [-0.25, -0.2) is 0 Å². The summed E-state index contributed by atoms with van der Waals surface area (Å²) in [6, 6.07) is 12.3. The number of ether oxygens (including phenoxy) is 2. The normalized spacial score (nSPS) is 27.9. The SMILES string of the molecule is COC(=O)[C@]12C(=O)Oc3ccc(Br)cc3[C@H]1[C@@]2(C)C(=O)c1ccc(C)cc1. The van der Waals surface area contributed by atoms with Crippen LogP contribution in [-0.4, -0.2) is 24.8 Å². The van der Waals surface area contributed by atoms with E-state index >= 15 is 0 Å². The molecule has 0 bridgehead atoms. The highest BCUT2D eigenvalue weighted by molar-refractivity contribution is 9.10. The third-order valence-electron chi connectivity index (χ3n) is 5.85. The van der Waals surface area contributed by atoms with E-state index in [-0.39, 0.29) is 5.78 Å². The minimum absolute atomic E-state index is 0.275. The lowest BCUT2D eigenvalue weighted by atomic mass is 9.86. The Bertz CT molecular complexity index is 996. The molecule has 2 aromatic carbocycles. The van der Waals surface area contributed by atoms with Gasteiger partial charge in [0.2, 0.25) is 0 Å². The number of methoxy groups -OCH3 is 1. The van der Waals surface area contributed by atoms with Gasteiger partial charge in [-0.05, 0) is 32.0 Å². The van der Waals surface area contributed by atoms with Gasteiger partial charge in [-0.3, -0.25) is 14.4 Å². The van der Waals surface area contributed by atoms with Crippen molar-refractivity contribution in [2.75, 3.05) is 7.11 Å². The van der Waals surface area contributed by atoms with Crippen molar-refractivity contribution in [2.24, 2.45) is 10.8 Å². The van der Waals surface area contributed by atoms with Gasteiger partial charge in [-0.2, -0.15) is 0 Å². The van der Waals surface area contributed by atoms with E-state index in [1.807, 2.05) is 19.1 Å². The molecule has 0 unspecified atom stereocenters. The number of hydrogen-bond acceptors (Lipinski definition) is 5. The molecule has 1 fully saturated rings. The largest absolute Gasteiger partial charge is 0.468 e. The summed E-state index contributed by atoms with van der Waals surface area (Å²) >= 11 is 3.41. The Labute approximate surface area is 164 Å². The number of halogens is 1. The average Bonchev–Trinajstić information content (AvgIpc) is 3.25. The van der Waals surface area contributed by atoms with E-state index in [0.717, 1.165) is 10.0 Å². The van der Waals surface area contributed by atoms with Crippen molar-refractivity contribution in [3.63, 3.8) is 0 Å². The molecule has 2 aromatic rings. The maximum absolute atomic E-state index is 13.4. The summed E-state index contributed by atoms with van der Waals surface area (Å²) in [4.78, 5) is 39.1. The molecule has 6 heteroatoms. The Morgan fingerprint density at radius 2 is 1.81 bits per heavy atom. The van der Waals surface area contributed by atoms with E-state index in [0.29, 0.717) is 16.9 Å². The minimum atomic E-state index is -1.67. The molecule has 0 aromatic heterocycles. The van der Waals surface area contributed by atoms with Gasteiger partial charge in [-0.15, -0.1) is 0 Å². The zero-order valence-electron chi connectivity index (χ0n) is 15.0. The lowest BCUT2D eigenvalue weighted by Crippen LogP contribution is -2.39. The van der Waals surface area contributed by atoms with Crippen molar-refractivity contribution >= 4 is 33.7 Å². The molecule has 1 heterocycles. The molecule has 1 aliphatic heterocycles. The number of hydrogen-bond donors (Lipinski definition) is 0. The second-order valence-electron chi connectivity index (χ2n) is 7.20. The third kappa shape index (κ3) is 2.13. The van der Waals surface area contributed by atoms with E-state index in [2.05, 4.69) is 15.9 Å². The van der Waals surface area contributed by atoms with E-state index in [4.69, 9.17) is 9.47 Å². The van der Waals surface area contributed by atoms with Crippen LogP contribution in [0.2, 0.25) is 0 Å². The smallest absolute Gasteiger partial charge is 0.330 e. The highest BCUT2D eigenvalue weighted by atomic mass is 79.9. The van der Waals surface area contributed by atoms with Crippen molar-refractivity contribution in [1.29, 1.82) is 0 Å². The van der Waals surface area contributed by atoms with Gasteiger partial charge >= 0.3 is 11.9 Å². The van der Waals surface area contributed by atoms with Crippen LogP contribution in [-0.2, 0) is 14.3 Å². The minimum Gasteiger partial charge on any atom is -0.468 e. The highest BCUT2D eigenvalue weighted by Gasteiger charge is 2.89. The standard InChI is InChI=1S/C21H17BrO5/c1-11-4-6-12(7-5-11)17(23)20(2)16-14-10-13(22)8-9-15(14)27-19(25)21(16,20)18(24)26-3/h4-10,16H,1-3H3/t16-,20-,21-/m0/s1. The Kier molecular flexibility index (Phi) is 3.82. The lowest BCUT2D eigenvalue weighted by Gasteiger charge is -2.21. The van der Waals surface area contributed by atoms with Crippen LogP contribution >= 0.6 is 15.9 Å². The highest BCUT2D eigenvalue weighted by Crippen LogP contribution is 2.78. The number of aryl methyl sites for hydroxylation is 1. The van der Waals surface area contributed by atoms with Gasteiger partial charge in [0.15, 0.2) is 11.2 Å². The summed E-state index contributed by atoms with van der Waals surface area (Å²) in [5.41, 5.74) is -0.834. The van der Waals surface area contributed by atoms with Crippen molar-refractivity contribution in [1.82, 2.24) is 0 Å². The summed E-state index contributed by atoms with van der Waals surface area (Å²) < 4.78 is 11.2. The van der Waals surface area contributed by atoms with Crippen molar-refractivity contribution in [3.05, 3.63) is 63.6 Å². The number of Topliss-reactive ketones (excluding diaryl/α,β-unsaturated/α-hetero) is 1. The van der Waals surface area contributed by atoms with Gasteiger partial charge in [0, 0.05) is 21.5 Å². The molecule has 0 N–H and O–H groups in total. The van der Waals surface area contributed by atoms with E-state index in [1.165, 1.54) is 7.11 Å². The molecule has 1 saturated carbocycles. The fourth-order valence-electron chi connectivity index (χ4n) is 4.40. The Balaban J connectivity index is 1.91. The molecule has 5 nitrogen and oxygen atoms in total. The maximum atomic E-state index is 13.4. The zero-order chi connectivity index (χ0) is 19.6. The summed E-state index contributed by atoms with van der Waals surface area (Å²) in [6.07, 6.45) is 0. The lowest BCUT2D eigenvalue weighted by molar-refractivity contribution is -0.160. The molecule has 138 valence electrons. The first kappa shape index (κ1) is 17.9. The molecule has 0 radical (unpaired) electrons. The average molecular weight is 429 g/mol. The number of esters is 2. The van der Waals surface area contributed by atoms with Crippen LogP contribution in [0.3, 0.4) is 0 Å². The number of carbonyl (C=O) groups excluding carboxylic acids is 3. The quantitative estimate of drug-likeness (QED) is 0.321. The summed E-state index contributed by atoms with van der Waals surface area (Å²) in [5, 5.41) is 0. The Morgan fingerprint density at radius 1 is 1.15 bits per heavy atom. The van der Waals surface area contributed by atoms with Crippen LogP contribution in [0.15, 0.2) is 46.9 Å². The number of fused-ring (bicyclic) bond motifs is 3. The van der Waals surface area contributed by atoms with Crippen LogP contribution in [0.5, 0.6) is 5.75 Å². The Morgan fingerprint density at radius 3 is 2.44 bits per heavy atom. The molecule has 2 aliphatic rings. The van der Waals surface area contributed by atoms with Crippen LogP contribution in [0, 0.1) is 17.8 Å². The number of ketones is 1.